The lowest BCUT2D eigenvalue weighted by Crippen LogP contribution is -2.35. The fourth-order valence-electron chi connectivity index (χ4n) is 3.94. The maximum Gasteiger partial charge on any atom is 0.222 e. The molecule has 5 N–H and O–H groups in total. The van der Waals surface area contributed by atoms with E-state index in [2.05, 4.69) is 42.6 Å². The highest BCUT2D eigenvalue weighted by Crippen LogP contribution is 2.30. The summed E-state index contributed by atoms with van der Waals surface area (Å²) >= 11 is 0. The van der Waals surface area contributed by atoms with Gasteiger partial charge in [0.2, 0.25) is 5.95 Å². The van der Waals surface area contributed by atoms with Gasteiger partial charge in [0, 0.05) is 19.3 Å². The number of aryl methyl sites for hydroxylation is 2. The molecule has 1 saturated heterocycles. The molecule has 1 atom stereocenters. The molecule has 1 aliphatic rings. The number of rotatable bonds is 5. The molecule has 9 nitrogen and oxygen atoms in total. The van der Waals surface area contributed by atoms with Crippen molar-refractivity contribution in [2.75, 3.05) is 29.5 Å². The van der Waals surface area contributed by atoms with Crippen LogP contribution in [0.4, 0.5) is 17.5 Å². The maximum absolute atomic E-state index is 9.54. The van der Waals surface area contributed by atoms with Gasteiger partial charge in [-0.1, -0.05) is 13.8 Å². The van der Waals surface area contributed by atoms with Crippen LogP contribution in [-0.4, -0.2) is 38.7 Å². The second-order valence-corrected chi connectivity index (χ2v) is 7.79. The highest BCUT2D eigenvalue weighted by atomic mass is 15.1. The van der Waals surface area contributed by atoms with Gasteiger partial charge in [-0.2, -0.15) is 10.2 Å². The molecular weight excluding hydrogens is 402 g/mol. The summed E-state index contributed by atoms with van der Waals surface area (Å²) in [4.78, 5) is 13.3. The van der Waals surface area contributed by atoms with Gasteiger partial charge in [0.05, 0.1) is 34.2 Å². The Morgan fingerprint density at radius 1 is 1.25 bits per heavy atom. The van der Waals surface area contributed by atoms with Crippen molar-refractivity contribution in [3.63, 3.8) is 0 Å². The molecule has 4 heterocycles. The van der Waals surface area contributed by atoms with E-state index in [-0.39, 0.29) is 12.0 Å². The number of nitrogens with zero attached hydrogens (tertiary/aromatic N) is 5. The number of nitriles is 1. The van der Waals surface area contributed by atoms with E-state index in [9.17, 15) is 5.26 Å². The fourth-order valence-corrected chi connectivity index (χ4v) is 3.94. The minimum Gasteiger partial charge on any atom is -0.381 e. The lowest BCUT2D eigenvalue weighted by Gasteiger charge is -2.27. The quantitative estimate of drug-likeness (QED) is 0.479. The maximum atomic E-state index is 9.54. The molecule has 1 fully saturated rings. The number of piperidine rings is 1. The van der Waals surface area contributed by atoms with Gasteiger partial charge in [0.15, 0.2) is 0 Å². The molecule has 1 aliphatic heterocycles. The van der Waals surface area contributed by atoms with E-state index in [1.54, 1.807) is 6.92 Å². The van der Waals surface area contributed by atoms with Crippen molar-refractivity contribution in [2.45, 2.75) is 52.6 Å². The summed E-state index contributed by atoms with van der Waals surface area (Å²) in [5.74, 6) is 0.568. The Bertz CT molecular complexity index is 1110. The van der Waals surface area contributed by atoms with Crippen molar-refractivity contribution in [3.05, 3.63) is 35.3 Å². The first-order valence-corrected chi connectivity index (χ1v) is 11.2. The van der Waals surface area contributed by atoms with Crippen LogP contribution in [0.1, 0.15) is 56.6 Å². The number of nitrogen functional groups attached to an aromatic ring is 1. The van der Waals surface area contributed by atoms with Crippen LogP contribution in [-0.2, 0) is 7.05 Å². The third kappa shape index (κ3) is 4.92. The topological polar surface area (TPSA) is 130 Å². The molecule has 3 aromatic heterocycles. The molecule has 0 bridgehead atoms. The minimum absolute atomic E-state index is 0.140. The number of fused-ring (bicyclic) bond motifs is 1. The Morgan fingerprint density at radius 2 is 1.97 bits per heavy atom. The Balaban J connectivity index is 0.00000141. The zero-order valence-corrected chi connectivity index (χ0v) is 19.5. The van der Waals surface area contributed by atoms with Crippen LogP contribution in [0.15, 0.2) is 18.3 Å². The Hall–Kier alpha value is -3.38. The van der Waals surface area contributed by atoms with Crippen LogP contribution < -0.4 is 21.7 Å². The van der Waals surface area contributed by atoms with E-state index < -0.39 is 0 Å². The molecule has 0 saturated carbocycles. The zero-order chi connectivity index (χ0) is 23.3. The highest BCUT2D eigenvalue weighted by Gasteiger charge is 2.21. The van der Waals surface area contributed by atoms with Crippen LogP contribution in [0.3, 0.4) is 0 Å². The van der Waals surface area contributed by atoms with Crippen molar-refractivity contribution in [1.82, 2.24) is 24.8 Å². The average molecular weight is 436 g/mol. The molecule has 0 aliphatic carbocycles. The summed E-state index contributed by atoms with van der Waals surface area (Å²) in [6.45, 7) is 9.78. The van der Waals surface area contributed by atoms with Gasteiger partial charge in [0.1, 0.15) is 17.5 Å². The molecule has 0 amide bonds. The van der Waals surface area contributed by atoms with E-state index >= 15 is 0 Å². The molecule has 4 rings (SSSR count). The fraction of sp³-hybridized carbons (Fsp3) is 0.478. The SMILES string of the molecule is CC.Cc1nc(N)nc(NC(C)c2nc3ccn(C)c3cc2NC2CCNCC2)c1C#N. The molecule has 170 valence electrons. The predicted octanol–water partition coefficient (Wildman–Crippen LogP) is 3.49. The van der Waals surface area contributed by atoms with Gasteiger partial charge in [0.25, 0.3) is 0 Å². The Kier molecular flexibility index (Phi) is 7.49. The van der Waals surface area contributed by atoms with E-state index in [4.69, 9.17) is 10.7 Å². The molecule has 1 unspecified atom stereocenters. The van der Waals surface area contributed by atoms with Crippen molar-refractivity contribution >= 4 is 28.5 Å². The summed E-state index contributed by atoms with van der Waals surface area (Å²) in [5, 5.41) is 20.0. The van der Waals surface area contributed by atoms with Crippen LogP contribution in [0.2, 0.25) is 0 Å². The first-order chi connectivity index (χ1) is 15.5. The van der Waals surface area contributed by atoms with E-state index in [1.165, 1.54) is 0 Å². The van der Waals surface area contributed by atoms with Gasteiger partial charge in [-0.15, -0.1) is 0 Å². The summed E-state index contributed by atoms with van der Waals surface area (Å²) in [7, 11) is 2.02. The molecule has 0 radical (unpaired) electrons. The molecule has 0 aromatic carbocycles. The van der Waals surface area contributed by atoms with Crippen molar-refractivity contribution in [3.8, 4) is 6.07 Å². The van der Waals surface area contributed by atoms with Crippen molar-refractivity contribution in [1.29, 1.82) is 5.26 Å². The van der Waals surface area contributed by atoms with Gasteiger partial charge >= 0.3 is 0 Å². The Labute approximate surface area is 189 Å². The number of anilines is 3. The van der Waals surface area contributed by atoms with E-state index in [1.807, 2.05) is 40.1 Å². The summed E-state index contributed by atoms with van der Waals surface area (Å²) in [6, 6.07) is 6.53. The highest BCUT2D eigenvalue weighted by molar-refractivity contribution is 5.81. The molecular formula is C23H33N9. The summed E-state index contributed by atoms with van der Waals surface area (Å²) in [5.41, 5.74) is 10.6. The van der Waals surface area contributed by atoms with E-state index in [0.717, 1.165) is 48.3 Å². The largest absolute Gasteiger partial charge is 0.381 e. The normalized spacial score (nSPS) is 14.9. The monoisotopic (exact) mass is 435 g/mol. The average Bonchev–Trinajstić information content (AvgIpc) is 3.15. The van der Waals surface area contributed by atoms with Crippen LogP contribution >= 0.6 is 0 Å². The van der Waals surface area contributed by atoms with Crippen LogP contribution in [0, 0.1) is 18.3 Å². The number of nitrogens with one attached hydrogen (secondary N) is 3. The van der Waals surface area contributed by atoms with Gasteiger partial charge < -0.3 is 26.3 Å². The summed E-state index contributed by atoms with van der Waals surface area (Å²) in [6.07, 6.45) is 4.13. The third-order valence-electron chi connectivity index (χ3n) is 5.58. The molecule has 0 spiro atoms. The second kappa shape index (κ2) is 10.3. The first-order valence-electron chi connectivity index (χ1n) is 11.2. The zero-order valence-electron chi connectivity index (χ0n) is 19.5. The number of pyridine rings is 1. The molecule has 9 heteroatoms. The molecule has 3 aromatic rings. The Morgan fingerprint density at radius 3 is 2.66 bits per heavy atom. The standard InChI is InChI=1S/C21H27N9.C2H6/c1-12-15(11-22)20(29-21(23)26-12)25-13(2)19-17(27-14-4-7-24-8-5-14)10-18-16(28-19)6-9-30(18)3;1-2/h6,9-10,13-14,24,27H,4-5,7-8H2,1-3H3,(H3,23,25,26,29);1-2H3. The van der Waals surface area contributed by atoms with Gasteiger partial charge in [-0.05, 0) is 51.9 Å². The summed E-state index contributed by atoms with van der Waals surface area (Å²) < 4.78 is 2.07. The smallest absolute Gasteiger partial charge is 0.222 e. The van der Waals surface area contributed by atoms with Crippen LogP contribution in [0.25, 0.3) is 11.0 Å². The van der Waals surface area contributed by atoms with Crippen molar-refractivity contribution < 1.29 is 0 Å². The third-order valence-corrected chi connectivity index (χ3v) is 5.58. The van der Waals surface area contributed by atoms with Crippen LogP contribution in [0.5, 0.6) is 0 Å². The van der Waals surface area contributed by atoms with Gasteiger partial charge in [-0.3, -0.25) is 0 Å². The number of nitrogens with two attached hydrogens (primary N) is 1. The molecule has 32 heavy (non-hydrogen) atoms. The lowest BCUT2D eigenvalue weighted by molar-refractivity contribution is 0.478. The predicted molar refractivity (Wildman–Crippen MR) is 130 cm³/mol. The lowest BCUT2D eigenvalue weighted by atomic mass is 10.0. The van der Waals surface area contributed by atoms with E-state index in [0.29, 0.717) is 23.1 Å². The minimum atomic E-state index is -0.195. The number of aromatic nitrogens is 4. The van der Waals surface area contributed by atoms with Gasteiger partial charge in [-0.25, -0.2) is 9.97 Å². The first kappa shape index (κ1) is 23.3. The second-order valence-electron chi connectivity index (χ2n) is 7.79. The van der Waals surface area contributed by atoms with Crippen molar-refractivity contribution in [2.24, 2.45) is 7.05 Å². The number of hydrogen-bond donors (Lipinski definition) is 4. The number of hydrogen-bond acceptors (Lipinski definition) is 8.